The van der Waals surface area contributed by atoms with E-state index in [1.165, 1.54) is 6.42 Å². The molecule has 3 heterocycles. The molecule has 0 bridgehead atoms. The van der Waals surface area contributed by atoms with Crippen LogP contribution in [0.25, 0.3) is 0 Å². The summed E-state index contributed by atoms with van der Waals surface area (Å²) < 4.78 is 12.5. The summed E-state index contributed by atoms with van der Waals surface area (Å²) in [4.78, 5) is 14.5. The molecule has 3 atom stereocenters. The monoisotopic (exact) mass is 516 g/mol. The number of rotatable bonds is 6. The topological polar surface area (TPSA) is 64.8 Å². The molecule has 2 saturated heterocycles. The number of fused-ring (bicyclic) bond motifs is 1. The van der Waals surface area contributed by atoms with Crippen molar-refractivity contribution in [3.05, 3.63) is 83.1 Å². The van der Waals surface area contributed by atoms with Crippen molar-refractivity contribution in [2.45, 2.75) is 49.3 Å². The summed E-state index contributed by atoms with van der Waals surface area (Å²) in [5, 5.41) is 0.265. The number of ether oxygens (including phenoxy) is 2. The molecule has 5 rings (SSSR count). The van der Waals surface area contributed by atoms with Crippen molar-refractivity contribution in [1.29, 1.82) is 0 Å². The molecule has 3 aliphatic heterocycles. The van der Waals surface area contributed by atoms with Crippen LogP contribution in [0.4, 0.5) is 0 Å². The number of hydrogen-bond acceptors (Lipinski definition) is 6. The van der Waals surface area contributed by atoms with Crippen molar-refractivity contribution in [3.8, 4) is 0 Å². The van der Waals surface area contributed by atoms with Crippen molar-refractivity contribution in [3.63, 3.8) is 0 Å². The van der Waals surface area contributed by atoms with E-state index in [0.717, 1.165) is 54.0 Å². The van der Waals surface area contributed by atoms with Crippen LogP contribution in [0.1, 0.15) is 42.9 Å². The molecule has 34 heavy (non-hydrogen) atoms. The van der Waals surface area contributed by atoms with Gasteiger partial charge in [0, 0.05) is 12.4 Å². The van der Waals surface area contributed by atoms with Crippen LogP contribution in [-0.2, 0) is 14.3 Å². The average molecular weight is 517 g/mol. The van der Waals surface area contributed by atoms with Crippen LogP contribution < -0.4 is 5.73 Å². The number of benzene rings is 2. The molecule has 2 unspecified atom stereocenters. The third kappa shape index (κ3) is 5.04. The molecule has 2 aromatic rings. The Bertz CT molecular complexity index is 1010. The Morgan fingerprint density at radius 3 is 2.35 bits per heavy atom. The van der Waals surface area contributed by atoms with Gasteiger partial charge in [-0.2, -0.15) is 0 Å². The highest BCUT2D eigenvalue weighted by Crippen LogP contribution is 2.42. The van der Waals surface area contributed by atoms with Gasteiger partial charge in [0.05, 0.1) is 11.8 Å². The number of halogens is 1. The second kappa shape index (κ2) is 11.2. The summed E-state index contributed by atoms with van der Waals surface area (Å²) in [5.41, 5.74) is 9.98. The quantitative estimate of drug-likeness (QED) is 0.430. The highest BCUT2D eigenvalue weighted by atomic mass is 35.5. The van der Waals surface area contributed by atoms with Crippen LogP contribution in [0.3, 0.4) is 0 Å². The van der Waals surface area contributed by atoms with Gasteiger partial charge in [0.1, 0.15) is 17.5 Å². The Morgan fingerprint density at radius 2 is 1.76 bits per heavy atom. The van der Waals surface area contributed by atoms with Crippen LogP contribution in [-0.4, -0.2) is 45.7 Å². The SMILES string of the molecule is Cl.NC1C(=O)N2C(C(=S)OC(c3ccccc3)c3ccccc3)=C(CC3CCCCO3)CS[C@H]12. The minimum absolute atomic E-state index is 0. The lowest BCUT2D eigenvalue weighted by atomic mass is 9.97. The van der Waals surface area contributed by atoms with Crippen molar-refractivity contribution in [1.82, 2.24) is 4.90 Å². The highest BCUT2D eigenvalue weighted by Gasteiger charge is 2.51. The number of carbonyl (C=O) groups is 1. The first-order chi connectivity index (χ1) is 16.1. The van der Waals surface area contributed by atoms with E-state index < -0.39 is 6.04 Å². The number of β-lactam (4-membered cyclic amide) rings is 1. The zero-order valence-electron chi connectivity index (χ0n) is 18.8. The Morgan fingerprint density at radius 1 is 1.12 bits per heavy atom. The van der Waals surface area contributed by atoms with E-state index in [4.69, 9.17) is 27.4 Å². The molecule has 180 valence electrons. The largest absolute Gasteiger partial charge is 0.469 e. The Kier molecular flexibility index (Phi) is 8.32. The normalized spacial score (nSPS) is 24.2. The maximum atomic E-state index is 12.8. The number of hydrogen-bond donors (Lipinski definition) is 1. The van der Waals surface area contributed by atoms with Gasteiger partial charge in [-0.05, 0) is 54.6 Å². The van der Waals surface area contributed by atoms with E-state index in [-0.39, 0.29) is 35.9 Å². The second-order valence-electron chi connectivity index (χ2n) is 8.69. The van der Waals surface area contributed by atoms with Gasteiger partial charge in [-0.3, -0.25) is 9.69 Å². The lowest BCUT2D eigenvalue weighted by Gasteiger charge is -2.49. The lowest BCUT2D eigenvalue weighted by molar-refractivity contribution is -0.141. The number of amides is 1. The fourth-order valence-electron chi connectivity index (χ4n) is 4.72. The minimum atomic E-state index is -0.487. The number of nitrogens with zero attached hydrogens (tertiary/aromatic N) is 1. The summed E-state index contributed by atoms with van der Waals surface area (Å²) in [7, 11) is 0. The van der Waals surface area contributed by atoms with Crippen LogP contribution in [0.2, 0.25) is 0 Å². The number of thioether (sulfide) groups is 1. The van der Waals surface area contributed by atoms with Crippen LogP contribution >= 0.6 is 36.4 Å². The third-order valence-corrected chi connectivity index (χ3v) is 8.11. The highest BCUT2D eigenvalue weighted by molar-refractivity contribution is 8.00. The first-order valence-electron chi connectivity index (χ1n) is 11.5. The van der Waals surface area contributed by atoms with Gasteiger partial charge in [0.2, 0.25) is 11.0 Å². The third-order valence-electron chi connectivity index (χ3n) is 6.46. The maximum Gasteiger partial charge on any atom is 0.248 e. The van der Waals surface area contributed by atoms with E-state index >= 15 is 0 Å². The van der Waals surface area contributed by atoms with Crippen molar-refractivity contribution in [2.24, 2.45) is 5.73 Å². The van der Waals surface area contributed by atoms with Crippen LogP contribution in [0.5, 0.6) is 0 Å². The van der Waals surface area contributed by atoms with E-state index in [9.17, 15) is 4.79 Å². The van der Waals surface area contributed by atoms with Crippen LogP contribution in [0, 0.1) is 0 Å². The number of nitrogens with two attached hydrogens (primary N) is 1. The van der Waals surface area contributed by atoms with Gasteiger partial charge in [0.15, 0.2) is 0 Å². The Hall–Kier alpha value is -1.90. The molecule has 5 nitrogen and oxygen atoms in total. The summed E-state index contributed by atoms with van der Waals surface area (Å²) in [6.45, 7) is 0.793. The van der Waals surface area contributed by atoms with Crippen LogP contribution in [0.15, 0.2) is 71.9 Å². The van der Waals surface area contributed by atoms with E-state index in [2.05, 4.69) is 0 Å². The van der Waals surface area contributed by atoms with Gasteiger partial charge < -0.3 is 15.2 Å². The van der Waals surface area contributed by atoms with Gasteiger partial charge in [-0.1, -0.05) is 60.7 Å². The first-order valence-corrected chi connectivity index (χ1v) is 12.9. The minimum Gasteiger partial charge on any atom is -0.469 e. The zero-order chi connectivity index (χ0) is 22.8. The standard InChI is InChI=1S/C26H28N2O3S2.ClH/c27-21-24(29)28-22(19(16-33-25(21)28)15-20-13-7-8-14-30-20)26(32)31-23(17-9-3-1-4-10-17)18-11-5-2-6-12-18;/h1-6,9-12,20-21,23,25H,7-8,13-16,27H2;1H/t20?,21?,25-;/m1./s1. The molecule has 0 aromatic heterocycles. The van der Waals surface area contributed by atoms with Gasteiger partial charge in [-0.25, -0.2) is 0 Å². The number of carbonyl (C=O) groups excluding carboxylic acids is 1. The molecule has 8 heteroatoms. The fourth-order valence-corrected chi connectivity index (χ4v) is 6.36. The molecule has 0 saturated carbocycles. The average Bonchev–Trinajstić information content (AvgIpc) is 2.88. The molecule has 0 spiro atoms. The number of thiocarbonyl (C=S) groups is 1. The first kappa shape index (κ1) is 25.2. The van der Waals surface area contributed by atoms with Gasteiger partial charge in [-0.15, -0.1) is 24.2 Å². The van der Waals surface area contributed by atoms with Crippen molar-refractivity contribution < 1.29 is 14.3 Å². The second-order valence-corrected chi connectivity index (χ2v) is 10.2. The smallest absolute Gasteiger partial charge is 0.248 e. The summed E-state index contributed by atoms with van der Waals surface area (Å²) in [6, 6.07) is 19.6. The molecule has 2 N–H and O–H groups in total. The van der Waals surface area contributed by atoms with Gasteiger partial charge in [0.25, 0.3) is 0 Å². The molecular formula is C26H29ClN2O3S2. The Balaban J connectivity index is 0.00000274. The lowest BCUT2D eigenvalue weighted by Crippen LogP contribution is -2.68. The van der Waals surface area contributed by atoms with Crippen molar-refractivity contribution in [2.75, 3.05) is 12.4 Å². The predicted molar refractivity (Wildman–Crippen MR) is 142 cm³/mol. The zero-order valence-corrected chi connectivity index (χ0v) is 21.2. The molecule has 3 aliphatic rings. The van der Waals surface area contributed by atoms with Crippen molar-refractivity contribution >= 4 is 47.3 Å². The maximum absolute atomic E-state index is 12.8. The molecule has 2 aromatic carbocycles. The molecule has 0 radical (unpaired) electrons. The van der Waals surface area contributed by atoms with E-state index in [0.29, 0.717) is 5.05 Å². The summed E-state index contributed by atoms with van der Waals surface area (Å²) in [6.07, 6.45) is 3.87. The Labute approximate surface area is 216 Å². The molecule has 0 aliphatic carbocycles. The van der Waals surface area contributed by atoms with E-state index in [1.54, 1.807) is 16.7 Å². The van der Waals surface area contributed by atoms with E-state index in [1.807, 2.05) is 60.7 Å². The molecule has 1 amide bonds. The predicted octanol–water partition coefficient (Wildman–Crippen LogP) is 5.00. The summed E-state index contributed by atoms with van der Waals surface area (Å²) >= 11 is 7.59. The molecule has 2 fully saturated rings. The molecular weight excluding hydrogens is 488 g/mol. The summed E-state index contributed by atoms with van der Waals surface area (Å²) in [5.74, 6) is 0.688. The fraction of sp³-hybridized carbons (Fsp3) is 0.385. The van der Waals surface area contributed by atoms with Gasteiger partial charge >= 0.3 is 0 Å².